The molecule has 182 valence electrons. The van der Waals surface area contributed by atoms with Crippen LogP contribution in [0.15, 0.2) is 84.2 Å². The number of hydrogen-bond acceptors (Lipinski definition) is 6. The molecule has 36 heavy (non-hydrogen) atoms. The molecule has 1 saturated heterocycles. The fourth-order valence-corrected chi connectivity index (χ4v) is 5.52. The van der Waals surface area contributed by atoms with E-state index in [1.807, 2.05) is 53.9 Å². The van der Waals surface area contributed by atoms with E-state index in [4.69, 9.17) is 0 Å². The lowest BCUT2D eigenvalue weighted by Crippen LogP contribution is -2.51. The summed E-state index contributed by atoms with van der Waals surface area (Å²) < 4.78 is 1.12. The minimum absolute atomic E-state index is 0.0494. The average Bonchev–Trinajstić information content (AvgIpc) is 3.33. The van der Waals surface area contributed by atoms with Gasteiger partial charge in [-0.3, -0.25) is 24.6 Å². The third-order valence-corrected chi connectivity index (χ3v) is 7.37. The molecule has 4 aromatic rings. The van der Waals surface area contributed by atoms with E-state index in [2.05, 4.69) is 16.3 Å². The van der Waals surface area contributed by atoms with Crippen molar-refractivity contribution in [2.24, 2.45) is 0 Å². The van der Waals surface area contributed by atoms with Gasteiger partial charge in [-0.15, -0.1) is 11.3 Å². The summed E-state index contributed by atoms with van der Waals surface area (Å²) in [6, 6.07) is 22.6. The first-order chi connectivity index (χ1) is 17.5. The van der Waals surface area contributed by atoms with Crippen LogP contribution in [-0.4, -0.2) is 52.7 Å². The predicted octanol–water partition coefficient (Wildman–Crippen LogP) is 4.95. The maximum absolute atomic E-state index is 13.6. The molecule has 1 N–H and O–H groups in total. The van der Waals surface area contributed by atoms with E-state index < -0.39 is 11.0 Å². The molecule has 8 nitrogen and oxygen atoms in total. The Morgan fingerprint density at radius 2 is 1.56 bits per heavy atom. The topological polar surface area (TPSA) is 95.8 Å². The van der Waals surface area contributed by atoms with E-state index in [0.717, 1.165) is 21.3 Å². The molecule has 0 spiro atoms. The van der Waals surface area contributed by atoms with Crippen molar-refractivity contribution in [3.8, 4) is 0 Å². The van der Waals surface area contributed by atoms with E-state index in [-0.39, 0.29) is 17.5 Å². The van der Waals surface area contributed by atoms with E-state index >= 15 is 0 Å². The van der Waals surface area contributed by atoms with Crippen molar-refractivity contribution in [3.63, 3.8) is 0 Å². The molecule has 2 amide bonds. The molecule has 1 fully saturated rings. The maximum atomic E-state index is 13.6. The smallest absolute Gasteiger partial charge is 0.269 e. The van der Waals surface area contributed by atoms with Gasteiger partial charge in [-0.2, -0.15) is 0 Å². The Kier molecular flexibility index (Phi) is 6.75. The monoisotopic (exact) mass is 500 g/mol. The molecule has 1 atom stereocenters. The summed E-state index contributed by atoms with van der Waals surface area (Å²) in [6.07, 6.45) is 0. The quantitative estimate of drug-likeness (QED) is 0.299. The number of carbonyl (C=O) groups is 2. The molecular weight excluding hydrogens is 476 g/mol. The Labute approximate surface area is 211 Å². The highest BCUT2D eigenvalue weighted by molar-refractivity contribution is 7.17. The Balaban J connectivity index is 1.36. The number of nitrogens with zero attached hydrogens (tertiary/aromatic N) is 3. The van der Waals surface area contributed by atoms with Crippen LogP contribution in [0.5, 0.6) is 0 Å². The van der Waals surface area contributed by atoms with Crippen LogP contribution < -0.4 is 5.32 Å². The highest BCUT2D eigenvalue weighted by Gasteiger charge is 2.33. The number of para-hydroxylation sites is 1. The van der Waals surface area contributed by atoms with Crippen molar-refractivity contribution in [2.75, 3.05) is 31.5 Å². The standard InChI is InChI=1S/C27H24N4O4S/c32-26(28-20-6-2-1-3-7-20)25(23-18-36-24-9-5-4-8-22(23)24)29-14-16-30(17-15-29)27(33)19-10-12-21(13-11-19)31(34)35/h1-13,18,25H,14-17H2,(H,28,32). The normalized spacial score (nSPS) is 14.9. The molecule has 0 saturated carbocycles. The maximum Gasteiger partial charge on any atom is 0.269 e. The highest BCUT2D eigenvalue weighted by Crippen LogP contribution is 2.34. The number of rotatable bonds is 6. The van der Waals surface area contributed by atoms with Crippen molar-refractivity contribution >= 4 is 44.6 Å². The van der Waals surface area contributed by atoms with E-state index in [9.17, 15) is 19.7 Å². The van der Waals surface area contributed by atoms with E-state index in [0.29, 0.717) is 31.7 Å². The summed E-state index contributed by atoms with van der Waals surface area (Å²) in [5.74, 6) is -0.282. The second-order valence-corrected chi connectivity index (χ2v) is 9.49. The molecule has 1 aliphatic rings. The Hall–Kier alpha value is -4.08. The third kappa shape index (κ3) is 4.84. The van der Waals surface area contributed by atoms with Gasteiger partial charge in [-0.25, -0.2) is 0 Å². The zero-order valence-electron chi connectivity index (χ0n) is 19.4. The van der Waals surface area contributed by atoms with Gasteiger partial charge in [0.05, 0.1) is 4.92 Å². The second-order valence-electron chi connectivity index (χ2n) is 8.58. The van der Waals surface area contributed by atoms with Crippen molar-refractivity contribution in [1.29, 1.82) is 0 Å². The van der Waals surface area contributed by atoms with Gasteiger partial charge in [0.1, 0.15) is 6.04 Å². The van der Waals surface area contributed by atoms with Crippen molar-refractivity contribution in [2.45, 2.75) is 6.04 Å². The zero-order valence-corrected chi connectivity index (χ0v) is 20.2. The number of non-ortho nitro benzene ring substituents is 1. The molecule has 0 radical (unpaired) electrons. The van der Waals surface area contributed by atoms with Crippen molar-refractivity contribution < 1.29 is 14.5 Å². The minimum Gasteiger partial charge on any atom is -0.336 e. The van der Waals surface area contributed by atoms with Gasteiger partial charge < -0.3 is 10.2 Å². The summed E-state index contributed by atoms with van der Waals surface area (Å²) in [4.78, 5) is 40.9. The average molecular weight is 501 g/mol. The molecule has 5 rings (SSSR count). The van der Waals surface area contributed by atoms with Crippen LogP contribution in [0.4, 0.5) is 11.4 Å². The van der Waals surface area contributed by atoms with Gasteiger partial charge in [0.2, 0.25) is 5.91 Å². The van der Waals surface area contributed by atoms with Crippen LogP contribution >= 0.6 is 11.3 Å². The molecule has 9 heteroatoms. The first-order valence-electron chi connectivity index (χ1n) is 11.6. The number of nitrogens with one attached hydrogen (secondary N) is 1. The lowest BCUT2D eigenvalue weighted by Gasteiger charge is -2.38. The molecule has 1 aromatic heterocycles. The van der Waals surface area contributed by atoms with Gasteiger partial charge in [0, 0.05) is 54.3 Å². The molecule has 0 aliphatic carbocycles. The number of amides is 2. The van der Waals surface area contributed by atoms with Gasteiger partial charge in [0.25, 0.3) is 11.6 Å². The summed E-state index contributed by atoms with van der Waals surface area (Å²) in [6.45, 7) is 1.95. The number of thiophene rings is 1. The number of anilines is 1. The van der Waals surface area contributed by atoms with Crippen LogP contribution in [0.1, 0.15) is 22.0 Å². The van der Waals surface area contributed by atoms with Gasteiger partial charge in [0.15, 0.2) is 0 Å². The SMILES string of the molecule is O=C(Nc1ccccc1)C(c1csc2ccccc12)N1CCN(C(=O)c2ccc([N+](=O)[O-])cc2)CC1. The lowest BCUT2D eigenvalue weighted by atomic mass is 10.0. The molecular formula is C27H24N4O4S. The van der Waals surface area contributed by atoms with E-state index in [1.165, 1.54) is 24.3 Å². The Morgan fingerprint density at radius 1 is 0.889 bits per heavy atom. The highest BCUT2D eigenvalue weighted by atomic mass is 32.1. The Bertz CT molecular complexity index is 1400. The molecule has 3 aromatic carbocycles. The molecule has 1 aliphatic heterocycles. The fraction of sp³-hybridized carbons (Fsp3) is 0.185. The van der Waals surface area contributed by atoms with Crippen LogP contribution in [-0.2, 0) is 4.79 Å². The molecule has 1 unspecified atom stereocenters. The third-order valence-electron chi connectivity index (χ3n) is 6.39. The second kappa shape index (κ2) is 10.3. The lowest BCUT2D eigenvalue weighted by molar-refractivity contribution is -0.384. The number of piperazine rings is 1. The number of nitro groups is 1. The number of fused-ring (bicyclic) bond motifs is 1. The molecule has 0 bridgehead atoms. The van der Waals surface area contributed by atoms with Gasteiger partial charge in [-0.1, -0.05) is 36.4 Å². The van der Waals surface area contributed by atoms with Crippen LogP contribution in [0.2, 0.25) is 0 Å². The summed E-state index contributed by atoms with van der Waals surface area (Å²) in [7, 11) is 0. The number of benzene rings is 3. The summed E-state index contributed by atoms with van der Waals surface area (Å²) in [5, 5.41) is 17.1. The number of hydrogen-bond donors (Lipinski definition) is 1. The number of carbonyl (C=O) groups excluding carboxylic acids is 2. The Morgan fingerprint density at radius 3 is 2.25 bits per heavy atom. The van der Waals surface area contributed by atoms with Crippen LogP contribution in [0, 0.1) is 10.1 Å². The number of nitro benzene ring substituents is 1. The summed E-state index contributed by atoms with van der Waals surface area (Å²) >= 11 is 1.62. The predicted molar refractivity (Wildman–Crippen MR) is 140 cm³/mol. The van der Waals surface area contributed by atoms with Gasteiger partial charge in [-0.05, 0) is 46.7 Å². The largest absolute Gasteiger partial charge is 0.336 e. The van der Waals surface area contributed by atoms with Crippen LogP contribution in [0.3, 0.4) is 0 Å². The van der Waals surface area contributed by atoms with Crippen LogP contribution in [0.25, 0.3) is 10.1 Å². The zero-order chi connectivity index (χ0) is 25.1. The first kappa shape index (κ1) is 23.7. The van der Waals surface area contributed by atoms with Crippen molar-refractivity contribution in [3.05, 3.63) is 105 Å². The minimum atomic E-state index is -0.502. The van der Waals surface area contributed by atoms with Crippen molar-refractivity contribution in [1.82, 2.24) is 9.80 Å². The first-order valence-corrected chi connectivity index (χ1v) is 12.5. The fourth-order valence-electron chi connectivity index (χ4n) is 4.54. The molecule has 2 heterocycles. The van der Waals surface area contributed by atoms with E-state index in [1.54, 1.807) is 16.2 Å². The van der Waals surface area contributed by atoms with Gasteiger partial charge >= 0.3 is 0 Å². The summed E-state index contributed by atoms with van der Waals surface area (Å²) in [5.41, 5.74) is 2.06.